The van der Waals surface area contributed by atoms with Crippen LogP contribution >= 0.6 is 0 Å². The van der Waals surface area contributed by atoms with E-state index in [0.717, 1.165) is 45.2 Å². The third-order valence-corrected chi connectivity index (χ3v) is 7.04. The molecule has 6 rings (SSSR count). The van der Waals surface area contributed by atoms with E-state index in [1.165, 1.54) is 18.2 Å². The average molecular weight is 547 g/mol. The first-order valence-electron chi connectivity index (χ1n) is 12.6. The molecule has 1 atom stereocenters. The maximum absolute atomic E-state index is 13.8. The minimum absolute atomic E-state index is 0.0878. The number of nitrogens with one attached hydrogen (secondary N) is 1. The lowest BCUT2D eigenvalue weighted by atomic mass is 9.92. The summed E-state index contributed by atoms with van der Waals surface area (Å²) in [4.78, 5) is 15.9. The van der Waals surface area contributed by atoms with E-state index in [1.807, 2.05) is 44.4 Å². The number of anilines is 2. The average Bonchev–Trinajstić information content (AvgIpc) is 3.65. The van der Waals surface area contributed by atoms with Crippen molar-refractivity contribution in [2.24, 2.45) is 0 Å². The fourth-order valence-corrected chi connectivity index (χ4v) is 5.16. The third kappa shape index (κ3) is 4.47. The first kappa shape index (κ1) is 25.6. The van der Waals surface area contributed by atoms with Crippen molar-refractivity contribution in [2.45, 2.75) is 18.6 Å². The Labute approximate surface area is 227 Å². The van der Waals surface area contributed by atoms with Crippen molar-refractivity contribution in [3.63, 3.8) is 0 Å². The van der Waals surface area contributed by atoms with Crippen molar-refractivity contribution in [3.8, 4) is 16.8 Å². The Morgan fingerprint density at radius 3 is 2.70 bits per heavy atom. The van der Waals surface area contributed by atoms with Crippen molar-refractivity contribution in [2.75, 3.05) is 31.7 Å². The highest BCUT2D eigenvalue weighted by molar-refractivity contribution is 6.03. The molecule has 3 aromatic carbocycles. The molecule has 0 amide bonds. The minimum Gasteiger partial charge on any atom is -0.384 e. The van der Waals surface area contributed by atoms with Crippen LogP contribution in [0.3, 0.4) is 0 Å². The molecule has 0 bridgehead atoms. The van der Waals surface area contributed by atoms with Crippen molar-refractivity contribution >= 4 is 28.3 Å². The molecule has 0 saturated carbocycles. The van der Waals surface area contributed by atoms with Gasteiger partial charge in [-0.2, -0.15) is 18.3 Å². The molecule has 3 heterocycles. The molecule has 0 saturated heterocycles. The number of fused-ring (bicyclic) bond motifs is 2. The predicted molar refractivity (Wildman–Crippen MR) is 145 cm³/mol. The Morgan fingerprint density at radius 1 is 1.12 bits per heavy atom. The van der Waals surface area contributed by atoms with Gasteiger partial charge in [0, 0.05) is 24.8 Å². The summed E-state index contributed by atoms with van der Waals surface area (Å²) in [6.07, 6.45) is -4.73. The zero-order valence-electron chi connectivity index (χ0n) is 21.7. The van der Waals surface area contributed by atoms with Crippen LogP contribution in [0.25, 0.3) is 27.8 Å². The molecule has 0 radical (unpaired) electrons. The van der Waals surface area contributed by atoms with Gasteiger partial charge < -0.3 is 20.5 Å². The van der Waals surface area contributed by atoms with Gasteiger partial charge in [-0.15, -0.1) is 0 Å². The summed E-state index contributed by atoms with van der Waals surface area (Å²) in [6, 6.07) is 19.2. The third-order valence-electron chi connectivity index (χ3n) is 7.04. The molecule has 1 aliphatic rings. The summed E-state index contributed by atoms with van der Waals surface area (Å²) in [7, 11) is 4.01. The zero-order valence-corrected chi connectivity index (χ0v) is 21.7. The smallest absolute Gasteiger partial charge is 0.384 e. The first-order valence-corrected chi connectivity index (χ1v) is 12.6. The van der Waals surface area contributed by atoms with Crippen LogP contribution in [-0.2, 0) is 12.7 Å². The Kier molecular flexibility index (Phi) is 6.10. The van der Waals surface area contributed by atoms with Crippen molar-refractivity contribution in [3.05, 3.63) is 89.2 Å². The second-order valence-electron chi connectivity index (χ2n) is 10.1. The monoisotopic (exact) mass is 546 g/mol. The SMILES string of the molecule is CN(C)Cc1ccccc1-c1ccc2c(c1)NCC2C(=O)c1cc(C(F)(F)F)nn1-c1ccc2onc(N)c2c1. The van der Waals surface area contributed by atoms with Gasteiger partial charge in [-0.25, -0.2) is 4.68 Å². The standard InChI is InChI=1S/C29H25F3N6O2/c1-37(2)15-17-5-3-4-6-19(17)16-7-9-20-22(14-34-23(20)11-16)27(39)24-13-26(29(30,31)32)35-38(24)18-8-10-25-21(12-18)28(33)36-40-25/h3-13,22,34H,14-15H2,1-2H3,(H2,33,36). The lowest BCUT2D eigenvalue weighted by Gasteiger charge is -2.15. The number of nitrogen functional groups attached to an aromatic ring is 1. The normalized spacial score (nSPS) is 15.0. The molecular formula is C29H25F3N6O2. The number of nitrogens with zero attached hydrogens (tertiary/aromatic N) is 4. The molecule has 0 fully saturated rings. The number of hydrogen-bond donors (Lipinski definition) is 2. The summed E-state index contributed by atoms with van der Waals surface area (Å²) in [6.45, 7) is 1.01. The number of carbonyl (C=O) groups excluding carboxylic acids is 1. The van der Waals surface area contributed by atoms with Gasteiger partial charge in [0.1, 0.15) is 5.69 Å². The Balaban J connectivity index is 1.38. The number of hydrogen-bond acceptors (Lipinski definition) is 7. The van der Waals surface area contributed by atoms with Gasteiger partial charge in [0.2, 0.25) is 0 Å². The number of Topliss-reactive ketones (excluding diaryl/α,β-unsaturated/α-hetero) is 1. The molecular weight excluding hydrogens is 521 g/mol. The molecule has 5 aromatic rings. The first-order chi connectivity index (χ1) is 19.1. The van der Waals surface area contributed by atoms with Gasteiger partial charge in [-0.3, -0.25) is 4.79 Å². The quantitative estimate of drug-likeness (QED) is 0.262. The van der Waals surface area contributed by atoms with Gasteiger partial charge in [-0.05, 0) is 60.6 Å². The molecule has 0 spiro atoms. The van der Waals surface area contributed by atoms with Crippen LogP contribution in [0.15, 0.2) is 71.3 Å². The summed E-state index contributed by atoms with van der Waals surface area (Å²) in [5.74, 6) is -1.08. The summed E-state index contributed by atoms with van der Waals surface area (Å²) in [5.41, 5.74) is 9.83. The van der Waals surface area contributed by atoms with E-state index >= 15 is 0 Å². The van der Waals surface area contributed by atoms with Gasteiger partial charge in [0.25, 0.3) is 0 Å². The van der Waals surface area contributed by atoms with Crippen LogP contribution in [0, 0.1) is 0 Å². The zero-order chi connectivity index (χ0) is 28.2. The van der Waals surface area contributed by atoms with E-state index in [-0.39, 0.29) is 23.7 Å². The molecule has 11 heteroatoms. The van der Waals surface area contributed by atoms with Crippen LogP contribution in [0.1, 0.15) is 33.2 Å². The van der Waals surface area contributed by atoms with E-state index < -0.39 is 23.6 Å². The fraction of sp³-hybridized carbons (Fsp3) is 0.207. The Morgan fingerprint density at radius 2 is 1.93 bits per heavy atom. The van der Waals surface area contributed by atoms with E-state index in [2.05, 4.69) is 32.6 Å². The second kappa shape index (κ2) is 9.53. The summed E-state index contributed by atoms with van der Waals surface area (Å²) < 4.78 is 47.3. The summed E-state index contributed by atoms with van der Waals surface area (Å²) in [5, 5.41) is 11.1. The number of rotatable bonds is 6. The van der Waals surface area contributed by atoms with Gasteiger partial charge in [0.05, 0.1) is 17.0 Å². The maximum atomic E-state index is 13.8. The molecule has 8 nitrogen and oxygen atoms in total. The summed E-state index contributed by atoms with van der Waals surface area (Å²) >= 11 is 0. The van der Waals surface area contributed by atoms with Crippen molar-refractivity contribution < 1.29 is 22.5 Å². The molecule has 0 aliphatic carbocycles. The number of halogens is 3. The molecule has 2 aromatic heterocycles. The lowest BCUT2D eigenvalue weighted by Crippen LogP contribution is -2.18. The predicted octanol–water partition coefficient (Wildman–Crippen LogP) is 5.74. The van der Waals surface area contributed by atoms with Crippen molar-refractivity contribution in [1.29, 1.82) is 0 Å². The number of aromatic nitrogens is 3. The molecule has 3 N–H and O–H groups in total. The highest BCUT2D eigenvalue weighted by Crippen LogP contribution is 2.39. The lowest BCUT2D eigenvalue weighted by molar-refractivity contribution is -0.141. The molecule has 1 aliphatic heterocycles. The number of alkyl halides is 3. The number of carbonyl (C=O) groups is 1. The molecule has 204 valence electrons. The topological polar surface area (TPSA) is 102 Å². The van der Waals surface area contributed by atoms with Crippen LogP contribution < -0.4 is 11.1 Å². The van der Waals surface area contributed by atoms with Gasteiger partial charge in [-0.1, -0.05) is 41.6 Å². The van der Waals surface area contributed by atoms with Crippen LogP contribution in [-0.4, -0.2) is 46.3 Å². The highest BCUT2D eigenvalue weighted by atomic mass is 19.4. The molecule has 40 heavy (non-hydrogen) atoms. The van der Waals surface area contributed by atoms with E-state index in [9.17, 15) is 18.0 Å². The van der Waals surface area contributed by atoms with E-state index in [4.69, 9.17) is 10.3 Å². The van der Waals surface area contributed by atoms with Crippen molar-refractivity contribution in [1.82, 2.24) is 19.8 Å². The maximum Gasteiger partial charge on any atom is 0.435 e. The highest BCUT2D eigenvalue weighted by Gasteiger charge is 2.38. The second-order valence-corrected chi connectivity index (χ2v) is 10.1. The van der Waals surface area contributed by atoms with E-state index in [1.54, 1.807) is 0 Å². The Bertz CT molecular complexity index is 1750. The van der Waals surface area contributed by atoms with E-state index in [0.29, 0.717) is 11.0 Å². The van der Waals surface area contributed by atoms with Gasteiger partial charge >= 0.3 is 6.18 Å². The minimum atomic E-state index is -4.73. The van der Waals surface area contributed by atoms with Crippen LogP contribution in [0.5, 0.6) is 0 Å². The van der Waals surface area contributed by atoms with Crippen LogP contribution in [0.4, 0.5) is 24.7 Å². The number of benzene rings is 3. The van der Waals surface area contributed by atoms with Gasteiger partial charge in [0.15, 0.2) is 22.9 Å². The molecule has 1 unspecified atom stereocenters. The number of ketones is 1. The Hall–Kier alpha value is -4.64. The number of nitrogens with two attached hydrogens (primary N) is 1. The van der Waals surface area contributed by atoms with Crippen LogP contribution in [0.2, 0.25) is 0 Å². The largest absolute Gasteiger partial charge is 0.435 e. The fourth-order valence-electron chi connectivity index (χ4n) is 5.16.